The maximum atomic E-state index is 14.1. The fourth-order valence-corrected chi connectivity index (χ4v) is 2.72. The van der Waals surface area contributed by atoms with Crippen molar-refractivity contribution in [3.8, 4) is 11.5 Å². The van der Waals surface area contributed by atoms with E-state index in [2.05, 4.69) is 9.97 Å². The second kappa shape index (κ2) is 8.18. The van der Waals surface area contributed by atoms with Crippen LogP contribution in [0.5, 0.6) is 11.5 Å². The van der Waals surface area contributed by atoms with Crippen molar-refractivity contribution < 1.29 is 18.3 Å². The van der Waals surface area contributed by atoms with Crippen molar-refractivity contribution in [1.82, 2.24) is 9.97 Å². The summed E-state index contributed by atoms with van der Waals surface area (Å²) < 4.78 is 39.0. The smallest absolute Gasteiger partial charge is 0.166 e. The zero-order valence-corrected chi connectivity index (χ0v) is 15.1. The van der Waals surface area contributed by atoms with E-state index in [-0.39, 0.29) is 28.8 Å². The van der Waals surface area contributed by atoms with E-state index in [9.17, 15) is 8.78 Å². The molecule has 1 aromatic carbocycles. The monoisotopic (exact) mass is 391 g/mol. The van der Waals surface area contributed by atoms with Crippen molar-refractivity contribution in [3.63, 3.8) is 0 Å². The number of nitrogens with two attached hydrogens (primary N) is 1. The molecular formula is C19H16ClF2N3O2. The Kier molecular flexibility index (Phi) is 5.71. The average molecular weight is 392 g/mol. The van der Waals surface area contributed by atoms with Gasteiger partial charge in [-0.3, -0.25) is 4.98 Å². The predicted octanol–water partition coefficient (Wildman–Crippen LogP) is 4.71. The summed E-state index contributed by atoms with van der Waals surface area (Å²) in [6.07, 6.45) is 2.20. The van der Waals surface area contributed by atoms with Gasteiger partial charge in [-0.15, -0.1) is 0 Å². The number of ether oxygens (including phenoxy) is 2. The Bertz CT molecular complexity index is 942. The summed E-state index contributed by atoms with van der Waals surface area (Å²) in [7, 11) is 0. The second-order valence-electron chi connectivity index (χ2n) is 5.68. The molecule has 3 aromatic rings. The van der Waals surface area contributed by atoms with Crippen LogP contribution in [0.25, 0.3) is 0 Å². The molecule has 1 atom stereocenters. The van der Waals surface area contributed by atoms with Crippen molar-refractivity contribution in [2.24, 2.45) is 0 Å². The highest BCUT2D eigenvalue weighted by Crippen LogP contribution is 2.34. The van der Waals surface area contributed by atoms with Crippen molar-refractivity contribution in [2.45, 2.75) is 19.6 Å². The number of hydrogen-bond donors (Lipinski definition) is 1. The largest absolute Gasteiger partial charge is 0.486 e. The molecule has 0 radical (unpaired) electrons. The van der Waals surface area contributed by atoms with Crippen LogP contribution in [0.1, 0.15) is 24.3 Å². The van der Waals surface area contributed by atoms with E-state index in [1.54, 1.807) is 12.3 Å². The first-order valence-electron chi connectivity index (χ1n) is 8.04. The number of nitrogen functional groups attached to an aromatic ring is 1. The van der Waals surface area contributed by atoms with Gasteiger partial charge in [-0.25, -0.2) is 13.8 Å². The molecule has 3 rings (SSSR count). The highest BCUT2D eigenvalue weighted by Gasteiger charge is 2.21. The summed E-state index contributed by atoms with van der Waals surface area (Å²) in [4.78, 5) is 8.16. The van der Waals surface area contributed by atoms with Gasteiger partial charge in [0.25, 0.3) is 0 Å². The molecule has 0 fully saturated rings. The van der Waals surface area contributed by atoms with Crippen molar-refractivity contribution in [1.29, 1.82) is 0 Å². The Hall–Kier alpha value is -2.93. The normalized spacial score (nSPS) is 11.9. The van der Waals surface area contributed by atoms with Gasteiger partial charge in [0.1, 0.15) is 30.1 Å². The average Bonchev–Trinajstić information content (AvgIpc) is 2.66. The van der Waals surface area contributed by atoms with Gasteiger partial charge in [0.2, 0.25) is 0 Å². The number of benzene rings is 1. The van der Waals surface area contributed by atoms with E-state index in [0.29, 0.717) is 5.75 Å². The number of rotatable bonds is 6. The van der Waals surface area contributed by atoms with Crippen LogP contribution in [-0.2, 0) is 6.61 Å². The van der Waals surface area contributed by atoms with Gasteiger partial charge >= 0.3 is 0 Å². The molecule has 0 bridgehead atoms. The van der Waals surface area contributed by atoms with Crippen LogP contribution in [0.2, 0.25) is 5.02 Å². The van der Waals surface area contributed by atoms with E-state index >= 15 is 0 Å². The molecule has 0 saturated heterocycles. The Labute approximate surface area is 159 Å². The van der Waals surface area contributed by atoms with E-state index < -0.39 is 17.7 Å². The first-order valence-corrected chi connectivity index (χ1v) is 8.41. The van der Waals surface area contributed by atoms with Crippen LogP contribution in [0.15, 0.2) is 48.8 Å². The Morgan fingerprint density at radius 1 is 1.15 bits per heavy atom. The minimum Gasteiger partial charge on any atom is -0.486 e. The van der Waals surface area contributed by atoms with Crippen molar-refractivity contribution >= 4 is 17.4 Å². The van der Waals surface area contributed by atoms with E-state index in [1.165, 1.54) is 19.2 Å². The van der Waals surface area contributed by atoms with E-state index in [0.717, 1.165) is 17.8 Å². The lowest BCUT2D eigenvalue weighted by atomic mass is 10.1. The third-order valence-corrected chi connectivity index (χ3v) is 4.14. The number of aromatic nitrogens is 2. The lowest BCUT2D eigenvalue weighted by Crippen LogP contribution is -2.09. The van der Waals surface area contributed by atoms with Crippen LogP contribution in [0.4, 0.5) is 14.6 Å². The predicted molar refractivity (Wildman–Crippen MR) is 97.6 cm³/mol. The zero-order valence-electron chi connectivity index (χ0n) is 14.3. The highest BCUT2D eigenvalue weighted by atomic mass is 35.5. The van der Waals surface area contributed by atoms with Gasteiger partial charge < -0.3 is 15.2 Å². The first-order chi connectivity index (χ1) is 13.0. The number of halogens is 3. The molecule has 2 N–H and O–H groups in total. The lowest BCUT2D eigenvalue weighted by molar-refractivity contribution is 0.219. The lowest BCUT2D eigenvalue weighted by Gasteiger charge is -2.18. The molecule has 2 heterocycles. The van der Waals surface area contributed by atoms with Crippen LogP contribution in [0, 0.1) is 11.6 Å². The summed E-state index contributed by atoms with van der Waals surface area (Å²) in [5.74, 6) is -0.770. The Morgan fingerprint density at radius 2 is 1.93 bits per heavy atom. The van der Waals surface area contributed by atoms with Gasteiger partial charge in [-0.1, -0.05) is 17.7 Å². The molecule has 0 saturated carbocycles. The zero-order chi connectivity index (χ0) is 19.4. The van der Waals surface area contributed by atoms with Gasteiger partial charge in [0.15, 0.2) is 11.6 Å². The van der Waals surface area contributed by atoms with Crippen molar-refractivity contribution in [3.05, 3.63) is 76.7 Å². The number of hydrogen-bond acceptors (Lipinski definition) is 5. The molecule has 0 spiro atoms. The SMILES string of the molecule is CC(Oc1cc(OCc2ccccn2)cnc1N)c1c(F)ccc(F)c1Cl. The van der Waals surface area contributed by atoms with Crippen LogP contribution >= 0.6 is 11.6 Å². The Morgan fingerprint density at radius 3 is 2.67 bits per heavy atom. The minimum atomic E-state index is -0.900. The number of anilines is 1. The maximum absolute atomic E-state index is 14.1. The number of pyridine rings is 2. The van der Waals surface area contributed by atoms with Gasteiger partial charge in [-0.2, -0.15) is 0 Å². The Balaban J connectivity index is 1.78. The second-order valence-corrected chi connectivity index (χ2v) is 6.06. The van der Waals surface area contributed by atoms with Crippen LogP contribution < -0.4 is 15.2 Å². The maximum Gasteiger partial charge on any atom is 0.166 e. The van der Waals surface area contributed by atoms with Crippen LogP contribution in [0.3, 0.4) is 0 Å². The van der Waals surface area contributed by atoms with E-state index in [4.69, 9.17) is 26.8 Å². The molecule has 0 aliphatic rings. The molecule has 2 aromatic heterocycles. The highest BCUT2D eigenvalue weighted by molar-refractivity contribution is 6.31. The summed E-state index contributed by atoms with van der Waals surface area (Å²) in [6, 6.07) is 8.94. The molecule has 0 aliphatic heterocycles. The van der Waals surface area contributed by atoms with E-state index in [1.807, 2.05) is 12.1 Å². The topological polar surface area (TPSA) is 70.3 Å². The molecule has 8 heteroatoms. The summed E-state index contributed by atoms with van der Waals surface area (Å²) in [5, 5.41) is -0.336. The molecular weight excluding hydrogens is 376 g/mol. The summed E-state index contributed by atoms with van der Waals surface area (Å²) in [6.45, 7) is 1.76. The van der Waals surface area contributed by atoms with Crippen molar-refractivity contribution in [2.75, 3.05) is 5.73 Å². The molecule has 27 heavy (non-hydrogen) atoms. The molecule has 1 unspecified atom stereocenters. The summed E-state index contributed by atoms with van der Waals surface area (Å²) in [5.41, 5.74) is 6.46. The minimum absolute atomic E-state index is 0.0833. The third kappa shape index (κ3) is 4.43. The number of nitrogens with zero attached hydrogens (tertiary/aromatic N) is 2. The van der Waals surface area contributed by atoms with Crippen LogP contribution in [-0.4, -0.2) is 9.97 Å². The fraction of sp³-hybridized carbons (Fsp3) is 0.158. The van der Waals surface area contributed by atoms with Gasteiger partial charge in [0.05, 0.1) is 16.9 Å². The first kappa shape index (κ1) is 18.8. The third-order valence-electron chi connectivity index (χ3n) is 3.76. The molecule has 0 amide bonds. The summed E-state index contributed by atoms with van der Waals surface area (Å²) >= 11 is 5.87. The quantitative estimate of drug-likeness (QED) is 0.616. The molecule has 0 aliphatic carbocycles. The molecule has 5 nitrogen and oxygen atoms in total. The van der Waals surface area contributed by atoms with Gasteiger partial charge in [-0.05, 0) is 31.2 Å². The standard InChI is InChI=1S/C19H16ClF2N3O2/c1-11(17-14(21)5-6-15(22)18(17)20)27-16-8-13(9-25-19(16)23)26-10-12-4-2-3-7-24-12/h2-9,11H,10H2,1H3,(H2,23,25). The van der Waals surface area contributed by atoms with Gasteiger partial charge in [0, 0.05) is 17.8 Å². The fourth-order valence-electron chi connectivity index (χ4n) is 2.42. The molecule has 140 valence electrons.